The van der Waals surface area contributed by atoms with Crippen LogP contribution in [0.5, 0.6) is 5.75 Å². The van der Waals surface area contributed by atoms with Gasteiger partial charge in [0.25, 0.3) is 0 Å². The maximum Gasteiger partial charge on any atom is 0.354 e. The van der Waals surface area contributed by atoms with Gasteiger partial charge >= 0.3 is 11.9 Å². The summed E-state index contributed by atoms with van der Waals surface area (Å²) in [5.74, 6) is -1.07. The summed E-state index contributed by atoms with van der Waals surface area (Å²) in [6, 6.07) is 13.9. The van der Waals surface area contributed by atoms with Gasteiger partial charge in [0.05, 0.1) is 55.0 Å². The molecule has 0 unspecified atom stereocenters. The first-order chi connectivity index (χ1) is 26.5. The number of nitrogens with zero attached hydrogens (tertiary/aromatic N) is 5. The number of halogens is 2. The molecule has 0 spiro atoms. The average molecular weight is 772 g/mol. The quantitative estimate of drug-likeness (QED) is 0.0985. The molecule has 13 heteroatoms. The van der Waals surface area contributed by atoms with Crippen LogP contribution < -0.4 is 0 Å². The van der Waals surface area contributed by atoms with Gasteiger partial charge in [0, 0.05) is 48.6 Å². The molecule has 6 aromatic rings. The average Bonchev–Trinajstić information content (AvgIpc) is 3.81. The van der Waals surface area contributed by atoms with Crippen LogP contribution in [0.4, 0.5) is 4.39 Å². The van der Waals surface area contributed by atoms with E-state index in [4.69, 9.17) is 36.0 Å². The van der Waals surface area contributed by atoms with E-state index in [2.05, 4.69) is 6.07 Å². The van der Waals surface area contributed by atoms with Crippen molar-refractivity contribution in [1.82, 2.24) is 24.1 Å². The molecule has 0 aliphatic carbocycles. The Balaban J connectivity index is 1.29. The number of carbonyl (C=O) groups is 2. The number of rotatable bonds is 16. The van der Waals surface area contributed by atoms with E-state index in [1.54, 1.807) is 19.2 Å². The fourth-order valence-corrected chi connectivity index (χ4v) is 7.76. The lowest BCUT2D eigenvalue weighted by molar-refractivity contribution is -0.140. The largest absolute Gasteiger partial charge is 0.507 e. The zero-order valence-electron chi connectivity index (χ0n) is 32.2. The van der Waals surface area contributed by atoms with Crippen LogP contribution in [0.2, 0.25) is 5.02 Å². The minimum Gasteiger partial charge on any atom is -0.507 e. The van der Waals surface area contributed by atoms with Crippen molar-refractivity contribution < 1.29 is 33.3 Å². The third kappa shape index (κ3) is 8.11. The summed E-state index contributed by atoms with van der Waals surface area (Å²) in [6.07, 6.45) is 3.14. The number of phenols is 1. The minimum atomic E-state index is -0.489. The third-order valence-corrected chi connectivity index (χ3v) is 10.6. The van der Waals surface area contributed by atoms with E-state index in [0.29, 0.717) is 79.0 Å². The summed E-state index contributed by atoms with van der Waals surface area (Å²) in [5, 5.41) is 23.1. The molecule has 0 aliphatic heterocycles. The van der Waals surface area contributed by atoms with Crippen LogP contribution >= 0.6 is 11.6 Å². The maximum absolute atomic E-state index is 13.9. The van der Waals surface area contributed by atoms with Gasteiger partial charge in [-0.15, -0.1) is 0 Å². The van der Waals surface area contributed by atoms with Crippen molar-refractivity contribution >= 4 is 45.2 Å². The number of esters is 2. The maximum atomic E-state index is 13.9. The Kier molecular flexibility index (Phi) is 12.3. The number of benzene rings is 3. The Bertz CT molecular complexity index is 2380. The van der Waals surface area contributed by atoms with Gasteiger partial charge in [-0.2, -0.15) is 10.2 Å². The summed E-state index contributed by atoms with van der Waals surface area (Å²) in [7, 11) is 4.36. The zero-order valence-corrected chi connectivity index (χ0v) is 32.9. The molecule has 0 saturated carbocycles. The second-order valence-corrected chi connectivity index (χ2v) is 14.1. The van der Waals surface area contributed by atoms with Crippen molar-refractivity contribution in [2.24, 2.45) is 0 Å². The molecule has 11 nitrogen and oxygen atoms in total. The number of ether oxygens (including phenoxy) is 3. The molecular formula is C42H47ClFN5O6. The van der Waals surface area contributed by atoms with E-state index in [1.165, 1.54) is 26.4 Å². The molecule has 55 heavy (non-hydrogen) atoms. The van der Waals surface area contributed by atoms with Gasteiger partial charge < -0.3 is 23.9 Å². The van der Waals surface area contributed by atoms with Crippen LogP contribution in [0.3, 0.4) is 0 Å². The van der Waals surface area contributed by atoms with E-state index >= 15 is 0 Å². The molecule has 6 rings (SSSR count). The molecule has 0 fully saturated rings. The number of aryl methyl sites for hydroxylation is 7. The van der Waals surface area contributed by atoms with Crippen molar-refractivity contribution in [3.8, 4) is 17.0 Å². The number of hydrogen-bond acceptors (Lipinski definition) is 8. The van der Waals surface area contributed by atoms with Gasteiger partial charge in [-0.3, -0.25) is 14.2 Å². The van der Waals surface area contributed by atoms with E-state index in [9.17, 15) is 19.1 Å². The fraction of sp³-hybridized carbons (Fsp3) is 0.381. The predicted octanol–water partition coefficient (Wildman–Crippen LogP) is 7.95. The Morgan fingerprint density at radius 2 is 1.67 bits per heavy atom. The highest BCUT2D eigenvalue weighted by Crippen LogP contribution is 2.42. The van der Waals surface area contributed by atoms with Crippen molar-refractivity contribution in [3.05, 3.63) is 98.8 Å². The Morgan fingerprint density at radius 1 is 0.891 bits per heavy atom. The highest BCUT2D eigenvalue weighted by atomic mass is 35.5. The second kappa shape index (κ2) is 17.1. The van der Waals surface area contributed by atoms with E-state index in [0.717, 1.165) is 56.8 Å². The second-order valence-electron chi connectivity index (χ2n) is 13.7. The van der Waals surface area contributed by atoms with Crippen LogP contribution in [-0.2, 0) is 64.3 Å². The third-order valence-electron chi connectivity index (χ3n) is 10.3. The topological polar surface area (TPSA) is 123 Å². The van der Waals surface area contributed by atoms with Crippen LogP contribution in [0.1, 0.15) is 64.0 Å². The molecule has 290 valence electrons. The fourth-order valence-electron chi connectivity index (χ4n) is 7.51. The molecule has 0 amide bonds. The summed E-state index contributed by atoms with van der Waals surface area (Å²) in [6.45, 7) is 8.10. The van der Waals surface area contributed by atoms with Crippen LogP contribution in [0.15, 0.2) is 48.5 Å². The Labute approximate surface area is 324 Å². The number of fused-ring (bicyclic) bond motifs is 2. The molecule has 0 saturated heterocycles. The number of aromatic nitrogens is 5. The van der Waals surface area contributed by atoms with Crippen molar-refractivity contribution in [2.75, 3.05) is 27.9 Å². The highest BCUT2D eigenvalue weighted by Gasteiger charge is 2.28. The van der Waals surface area contributed by atoms with Gasteiger partial charge in [0.2, 0.25) is 0 Å². The Hall–Kier alpha value is -5.20. The molecule has 0 bridgehead atoms. The van der Waals surface area contributed by atoms with Crippen molar-refractivity contribution in [3.63, 3.8) is 0 Å². The summed E-state index contributed by atoms with van der Waals surface area (Å²) in [4.78, 5) is 25.5. The Morgan fingerprint density at radius 3 is 2.40 bits per heavy atom. The summed E-state index contributed by atoms with van der Waals surface area (Å²) >= 11 is 7.06. The van der Waals surface area contributed by atoms with Gasteiger partial charge in [-0.05, 0) is 111 Å². The number of methoxy groups -OCH3 is 3. The first kappa shape index (κ1) is 39.5. The molecule has 1 N–H and O–H groups in total. The van der Waals surface area contributed by atoms with Crippen LogP contribution in [0.25, 0.3) is 32.9 Å². The number of hydrogen-bond donors (Lipinski definition) is 1. The lowest BCUT2D eigenvalue weighted by atomic mass is 10.00. The zero-order chi connectivity index (χ0) is 39.4. The van der Waals surface area contributed by atoms with Gasteiger partial charge in [-0.25, -0.2) is 9.18 Å². The molecule has 0 atom stereocenters. The molecule has 0 aliphatic rings. The smallest absolute Gasteiger partial charge is 0.354 e. The normalized spacial score (nSPS) is 11.6. The molecule has 3 aromatic carbocycles. The molecule has 3 aromatic heterocycles. The highest BCUT2D eigenvalue weighted by molar-refractivity contribution is 6.35. The minimum absolute atomic E-state index is 0.106. The van der Waals surface area contributed by atoms with Gasteiger partial charge in [0.15, 0.2) is 0 Å². The molecular weight excluding hydrogens is 725 g/mol. The lowest BCUT2D eigenvalue weighted by Crippen LogP contribution is -2.13. The lowest BCUT2D eigenvalue weighted by Gasteiger charge is -2.15. The summed E-state index contributed by atoms with van der Waals surface area (Å²) in [5.41, 5.74) is 8.24. The van der Waals surface area contributed by atoms with E-state index < -0.39 is 5.97 Å². The van der Waals surface area contributed by atoms with Crippen LogP contribution in [0, 0.1) is 19.7 Å². The number of phenolic OH excluding ortho intramolecular Hbond substituents is 1. The van der Waals surface area contributed by atoms with Gasteiger partial charge in [-0.1, -0.05) is 23.7 Å². The monoisotopic (exact) mass is 771 g/mol. The van der Waals surface area contributed by atoms with Crippen molar-refractivity contribution in [2.45, 2.75) is 78.9 Å². The molecule has 0 radical (unpaired) electrons. The van der Waals surface area contributed by atoms with Crippen LogP contribution in [-0.4, -0.2) is 69.1 Å². The number of carbonyl (C=O) groups excluding carboxylic acids is 2. The summed E-state index contributed by atoms with van der Waals surface area (Å²) < 4.78 is 35.3. The standard InChI is InChI=1S/C42H47ClFN5O6/c1-7-47-40-33(34(15-17-37(51)54-5)41(47)42(52)55-6)14-16-35(43)38(40)39-25(2)26(3)45-49(39)18-8-9-30-24-31(48(46-30)19-20-53-4)12-10-27-21-28-23-29(44)11-13-32(28)36(50)22-27/h11,13-14,16,21-24,50H,7-10,12,15,17-20H2,1-6H3. The number of aromatic hydroxyl groups is 1. The van der Waals surface area contributed by atoms with Gasteiger partial charge in [0.1, 0.15) is 17.3 Å². The SMILES string of the molecule is CCn1c(C(=O)OC)c(CCC(=O)OC)c2ccc(Cl)c(-c3c(C)c(C)nn3CCCc3cc(CCc4cc(O)c5ccc(F)cc5c4)n(CCOC)n3)c21. The predicted molar refractivity (Wildman–Crippen MR) is 210 cm³/mol. The first-order valence-corrected chi connectivity index (χ1v) is 18.9. The molecule has 3 heterocycles. The van der Waals surface area contributed by atoms with Crippen molar-refractivity contribution in [1.29, 1.82) is 0 Å². The van der Waals surface area contributed by atoms with E-state index in [1.807, 2.05) is 52.9 Å². The first-order valence-electron chi connectivity index (χ1n) is 18.5. The van der Waals surface area contributed by atoms with E-state index in [-0.39, 0.29) is 24.0 Å².